The van der Waals surface area contributed by atoms with Crippen LogP contribution in [-0.4, -0.2) is 22.2 Å². The van der Waals surface area contributed by atoms with Gasteiger partial charge < -0.3 is 10.2 Å². The third-order valence-electron chi connectivity index (χ3n) is 6.05. The Hall–Kier alpha value is -1.58. The monoisotopic (exact) mass is 450 g/mol. The molecule has 0 aliphatic carbocycles. The summed E-state index contributed by atoms with van der Waals surface area (Å²) in [5.74, 6) is -1.44. The average molecular weight is 451 g/mol. The minimum atomic E-state index is -0.688. The normalized spacial score (nSPS) is 12.7. The van der Waals surface area contributed by atoms with Gasteiger partial charge in [-0.2, -0.15) is 0 Å². The Morgan fingerprint density at radius 2 is 1.09 bits per heavy atom. The van der Waals surface area contributed by atoms with Crippen molar-refractivity contribution in [3.8, 4) is 0 Å². The average Bonchev–Trinajstić information content (AvgIpc) is 2.76. The molecule has 0 fully saturated rings. The first-order chi connectivity index (χ1) is 15.6. The van der Waals surface area contributed by atoms with E-state index >= 15 is 0 Å². The number of allylic oxidation sites excluding steroid dienone is 4. The second-order valence-electron chi connectivity index (χ2n) is 9.11. The van der Waals surface area contributed by atoms with Gasteiger partial charge >= 0.3 is 11.9 Å². The van der Waals surface area contributed by atoms with E-state index < -0.39 is 11.9 Å². The van der Waals surface area contributed by atoms with Gasteiger partial charge in [0.25, 0.3) is 0 Å². The number of hydrogen-bond donors (Lipinski definition) is 2. The second-order valence-corrected chi connectivity index (χ2v) is 9.11. The molecule has 4 heteroatoms. The van der Waals surface area contributed by atoms with Gasteiger partial charge in [-0.25, -0.2) is 0 Å². The van der Waals surface area contributed by atoms with E-state index in [1.165, 1.54) is 44.9 Å². The van der Waals surface area contributed by atoms with E-state index in [0.29, 0.717) is 6.42 Å². The highest BCUT2D eigenvalue weighted by Gasteiger charge is 2.16. The summed E-state index contributed by atoms with van der Waals surface area (Å²) in [6.45, 7) is 2.22. The molecule has 0 saturated heterocycles. The van der Waals surface area contributed by atoms with Crippen molar-refractivity contribution in [3.63, 3.8) is 0 Å². The predicted octanol–water partition coefficient (Wildman–Crippen LogP) is 8.71. The molecule has 1 unspecified atom stereocenters. The fourth-order valence-electron chi connectivity index (χ4n) is 3.97. The maximum absolute atomic E-state index is 11.4. The van der Waals surface area contributed by atoms with Crippen molar-refractivity contribution >= 4 is 11.9 Å². The van der Waals surface area contributed by atoms with Gasteiger partial charge in [0.2, 0.25) is 0 Å². The highest BCUT2D eigenvalue weighted by molar-refractivity contribution is 5.69. The lowest BCUT2D eigenvalue weighted by atomic mass is 9.94. The Labute approximate surface area is 197 Å². The number of aliphatic carboxylic acids is 2. The molecule has 0 saturated carbocycles. The molecule has 0 bridgehead atoms. The Balaban J connectivity index is 3.52. The van der Waals surface area contributed by atoms with E-state index in [4.69, 9.17) is 5.11 Å². The topological polar surface area (TPSA) is 74.6 Å². The molecule has 0 aromatic rings. The van der Waals surface area contributed by atoms with Gasteiger partial charge in [-0.3, -0.25) is 9.59 Å². The van der Waals surface area contributed by atoms with Crippen LogP contribution in [0.4, 0.5) is 0 Å². The van der Waals surface area contributed by atoms with Crippen LogP contribution in [0.25, 0.3) is 0 Å². The van der Waals surface area contributed by atoms with Crippen LogP contribution < -0.4 is 0 Å². The maximum Gasteiger partial charge on any atom is 0.306 e. The molecular formula is C28H50O4. The van der Waals surface area contributed by atoms with Crippen molar-refractivity contribution in [1.29, 1.82) is 0 Å². The number of unbranched alkanes of at least 4 members (excludes halogenated alkanes) is 13. The van der Waals surface area contributed by atoms with Crippen LogP contribution in [0.2, 0.25) is 0 Å². The van der Waals surface area contributed by atoms with Gasteiger partial charge in [-0.1, -0.05) is 102 Å². The summed E-state index contributed by atoms with van der Waals surface area (Å²) in [5.41, 5.74) is 0. The minimum Gasteiger partial charge on any atom is -0.481 e. The lowest BCUT2D eigenvalue weighted by Gasteiger charge is -2.11. The summed E-state index contributed by atoms with van der Waals surface area (Å²) in [4.78, 5) is 21.9. The Bertz CT molecular complexity index is 496. The molecule has 0 aliphatic rings. The summed E-state index contributed by atoms with van der Waals surface area (Å²) in [5, 5.41) is 18.0. The highest BCUT2D eigenvalue weighted by Crippen LogP contribution is 2.19. The first kappa shape index (κ1) is 30.4. The van der Waals surface area contributed by atoms with E-state index in [0.717, 1.165) is 77.0 Å². The molecule has 1 atom stereocenters. The molecule has 0 amide bonds. The van der Waals surface area contributed by atoms with Crippen molar-refractivity contribution < 1.29 is 19.8 Å². The number of hydrogen-bond acceptors (Lipinski definition) is 2. The van der Waals surface area contributed by atoms with Crippen LogP contribution >= 0.6 is 0 Å². The molecule has 0 spiro atoms. The quantitative estimate of drug-likeness (QED) is 0.114. The van der Waals surface area contributed by atoms with Gasteiger partial charge in [0.1, 0.15) is 0 Å². The molecule has 4 nitrogen and oxygen atoms in total. The SMILES string of the molecule is CCCCCCCCC(CCCCCC=CCC=CCCCCCCCC(=O)O)C(=O)O. The van der Waals surface area contributed by atoms with Crippen LogP contribution in [0.3, 0.4) is 0 Å². The fourth-order valence-corrected chi connectivity index (χ4v) is 3.97. The van der Waals surface area contributed by atoms with Crippen molar-refractivity contribution in [1.82, 2.24) is 0 Å². The maximum atomic E-state index is 11.4. The fraction of sp³-hybridized carbons (Fsp3) is 0.786. The summed E-state index contributed by atoms with van der Waals surface area (Å²) in [7, 11) is 0. The Kier molecular flexibility index (Phi) is 22.9. The van der Waals surface area contributed by atoms with Crippen LogP contribution in [0, 0.1) is 5.92 Å². The molecule has 2 N–H and O–H groups in total. The third-order valence-corrected chi connectivity index (χ3v) is 6.05. The van der Waals surface area contributed by atoms with Gasteiger partial charge in [0, 0.05) is 6.42 Å². The van der Waals surface area contributed by atoms with E-state index in [1.807, 2.05) is 0 Å². The van der Waals surface area contributed by atoms with Crippen molar-refractivity contribution in [2.45, 2.75) is 135 Å². The second kappa shape index (κ2) is 24.1. The highest BCUT2D eigenvalue weighted by atomic mass is 16.4. The number of carboxylic acids is 2. The molecule has 0 aliphatic heterocycles. The smallest absolute Gasteiger partial charge is 0.306 e. The lowest BCUT2D eigenvalue weighted by molar-refractivity contribution is -0.142. The number of rotatable bonds is 24. The predicted molar refractivity (Wildman–Crippen MR) is 135 cm³/mol. The summed E-state index contributed by atoms with van der Waals surface area (Å²) in [6.07, 6.45) is 30.0. The largest absolute Gasteiger partial charge is 0.481 e. The summed E-state index contributed by atoms with van der Waals surface area (Å²) < 4.78 is 0. The molecular weight excluding hydrogens is 400 g/mol. The zero-order valence-electron chi connectivity index (χ0n) is 20.7. The van der Waals surface area contributed by atoms with Gasteiger partial charge in [0.05, 0.1) is 5.92 Å². The number of carboxylic acid groups (broad SMARTS) is 2. The van der Waals surface area contributed by atoms with Gasteiger partial charge in [0.15, 0.2) is 0 Å². The van der Waals surface area contributed by atoms with Crippen LogP contribution in [0.5, 0.6) is 0 Å². The molecule has 0 aromatic carbocycles. The standard InChI is InChI=1S/C28H50O4/c1-2-3-4-5-17-20-23-26(28(31)32)24-21-18-15-13-11-9-7-6-8-10-12-14-16-19-22-25-27(29)30/h6,8-9,11,26H,2-5,7,10,12-25H2,1H3,(H,29,30)(H,31,32). The molecule has 32 heavy (non-hydrogen) atoms. The van der Waals surface area contributed by atoms with Crippen molar-refractivity contribution in [3.05, 3.63) is 24.3 Å². The molecule has 0 heterocycles. The molecule has 0 radical (unpaired) electrons. The van der Waals surface area contributed by atoms with Gasteiger partial charge in [-0.15, -0.1) is 0 Å². The van der Waals surface area contributed by atoms with Crippen LogP contribution in [-0.2, 0) is 9.59 Å². The number of carbonyl (C=O) groups is 2. The summed E-state index contributed by atoms with van der Waals surface area (Å²) in [6, 6.07) is 0. The molecule has 186 valence electrons. The van der Waals surface area contributed by atoms with Crippen LogP contribution in [0.1, 0.15) is 135 Å². The van der Waals surface area contributed by atoms with E-state index in [9.17, 15) is 14.7 Å². The van der Waals surface area contributed by atoms with E-state index in [1.54, 1.807) is 0 Å². The molecule has 0 aromatic heterocycles. The minimum absolute atomic E-state index is 0.147. The zero-order chi connectivity index (χ0) is 23.7. The van der Waals surface area contributed by atoms with Crippen LogP contribution in [0.15, 0.2) is 24.3 Å². The van der Waals surface area contributed by atoms with Gasteiger partial charge in [-0.05, 0) is 51.4 Å². The van der Waals surface area contributed by atoms with E-state index in [-0.39, 0.29) is 5.92 Å². The zero-order valence-corrected chi connectivity index (χ0v) is 20.7. The first-order valence-corrected chi connectivity index (χ1v) is 13.3. The third kappa shape index (κ3) is 23.1. The lowest BCUT2D eigenvalue weighted by Crippen LogP contribution is -2.13. The van der Waals surface area contributed by atoms with Crippen molar-refractivity contribution in [2.24, 2.45) is 5.92 Å². The van der Waals surface area contributed by atoms with E-state index in [2.05, 4.69) is 31.2 Å². The van der Waals surface area contributed by atoms with Crippen molar-refractivity contribution in [2.75, 3.05) is 0 Å². The Morgan fingerprint density at radius 3 is 1.62 bits per heavy atom. The Morgan fingerprint density at radius 1 is 0.625 bits per heavy atom. The summed E-state index contributed by atoms with van der Waals surface area (Å²) >= 11 is 0. The molecule has 0 rings (SSSR count). The first-order valence-electron chi connectivity index (χ1n) is 13.3.